The van der Waals surface area contributed by atoms with Crippen LogP contribution in [0.5, 0.6) is 0 Å². The van der Waals surface area contributed by atoms with Gasteiger partial charge < -0.3 is 0 Å². The van der Waals surface area contributed by atoms with Crippen molar-refractivity contribution in [2.45, 2.75) is 46.5 Å². The highest BCUT2D eigenvalue weighted by molar-refractivity contribution is 5.18. The van der Waals surface area contributed by atoms with Crippen LogP contribution >= 0.6 is 0 Å². The van der Waals surface area contributed by atoms with Gasteiger partial charge in [0.2, 0.25) is 0 Å². The number of hydrogen-bond acceptors (Lipinski definition) is 0. The third-order valence-corrected chi connectivity index (χ3v) is 4.91. The van der Waals surface area contributed by atoms with Crippen molar-refractivity contribution in [1.82, 2.24) is 0 Å². The second kappa shape index (κ2) is 3.23. The molecule has 0 aromatic rings. The van der Waals surface area contributed by atoms with Crippen LogP contribution in [0.2, 0.25) is 0 Å². The van der Waals surface area contributed by atoms with E-state index in [0.29, 0.717) is 10.8 Å². The molecule has 0 unspecified atom stereocenters. The van der Waals surface area contributed by atoms with Gasteiger partial charge in [-0.05, 0) is 48.3 Å². The van der Waals surface area contributed by atoms with E-state index < -0.39 is 0 Å². The van der Waals surface area contributed by atoms with E-state index in [9.17, 15) is 0 Å². The first kappa shape index (κ1) is 11.0. The topological polar surface area (TPSA) is 0 Å². The van der Waals surface area contributed by atoms with Gasteiger partial charge >= 0.3 is 0 Å². The van der Waals surface area contributed by atoms with Gasteiger partial charge in [0.05, 0.1) is 0 Å². The van der Waals surface area contributed by atoms with E-state index in [1.54, 1.807) is 0 Å². The first-order valence-electron chi connectivity index (χ1n) is 6.19. The maximum atomic E-state index is 4.32. The number of hydrogen-bond donors (Lipinski definition) is 0. The monoisotopic (exact) mass is 204 g/mol. The zero-order chi connectivity index (χ0) is 11.3. The molecular formula is C15H24. The van der Waals surface area contributed by atoms with Gasteiger partial charge in [0, 0.05) is 0 Å². The van der Waals surface area contributed by atoms with Crippen LogP contribution in [0.25, 0.3) is 0 Å². The van der Waals surface area contributed by atoms with Crippen molar-refractivity contribution in [2.75, 3.05) is 0 Å². The molecule has 2 saturated carbocycles. The molecular weight excluding hydrogens is 180 g/mol. The molecule has 0 radical (unpaired) electrons. The summed E-state index contributed by atoms with van der Waals surface area (Å²) in [6.07, 6.45) is 7.31. The predicted octanol–water partition coefficient (Wildman–Crippen LogP) is 4.58. The molecule has 0 aromatic carbocycles. The molecule has 0 nitrogen and oxygen atoms in total. The molecule has 0 aromatic heterocycles. The summed E-state index contributed by atoms with van der Waals surface area (Å²) < 4.78 is 0. The second-order valence-corrected chi connectivity index (χ2v) is 6.64. The molecule has 84 valence electrons. The van der Waals surface area contributed by atoms with Crippen LogP contribution < -0.4 is 0 Å². The first-order chi connectivity index (χ1) is 6.88. The largest absolute Gasteiger partial charge is 0.103 e. The van der Waals surface area contributed by atoms with Crippen LogP contribution in [0, 0.1) is 22.7 Å². The fourth-order valence-electron chi connectivity index (χ4n) is 3.66. The lowest BCUT2D eigenvalue weighted by Crippen LogP contribution is -2.43. The summed E-state index contributed by atoms with van der Waals surface area (Å²) in [6.45, 7) is 15.5. The summed E-state index contributed by atoms with van der Waals surface area (Å²) in [5.74, 6) is 1.69. The molecule has 3 atom stereocenters. The molecule has 0 N–H and O–H groups in total. The highest BCUT2D eigenvalue weighted by Crippen LogP contribution is 2.59. The molecule has 0 heterocycles. The number of fused-ring (bicyclic) bond motifs is 1. The zero-order valence-corrected chi connectivity index (χ0v) is 10.5. The molecule has 0 heteroatoms. The Kier molecular flexibility index (Phi) is 2.37. The molecule has 0 spiro atoms. The van der Waals surface area contributed by atoms with E-state index in [-0.39, 0.29) is 0 Å². The van der Waals surface area contributed by atoms with Crippen molar-refractivity contribution in [2.24, 2.45) is 22.7 Å². The third kappa shape index (κ3) is 1.68. The quantitative estimate of drug-likeness (QED) is 0.548. The Labute approximate surface area is 94.5 Å². The van der Waals surface area contributed by atoms with Crippen LogP contribution in [0.4, 0.5) is 0 Å². The molecule has 2 aliphatic rings. The van der Waals surface area contributed by atoms with E-state index in [1.165, 1.54) is 24.8 Å². The minimum atomic E-state index is 0.310. The van der Waals surface area contributed by atoms with Crippen molar-refractivity contribution >= 4 is 0 Å². The first-order valence-corrected chi connectivity index (χ1v) is 6.19. The molecule has 0 amide bonds. The lowest BCUT2D eigenvalue weighted by molar-refractivity contribution is 0.00685. The van der Waals surface area contributed by atoms with E-state index in [1.807, 2.05) is 0 Å². The Morgan fingerprint density at radius 1 is 1.33 bits per heavy atom. The van der Waals surface area contributed by atoms with Gasteiger partial charge in [-0.1, -0.05) is 39.0 Å². The fraction of sp³-hybridized carbons (Fsp3) is 0.733. The van der Waals surface area contributed by atoms with E-state index in [4.69, 9.17) is 0 Å². The van der Waals surface area contributed by atoms with E-state index >= 15 is 0 Å². The highest BCUT2D eigenvalue weighted by atomic mass is 14.5. The fourth-order valence-corrected chi connectivity index (χ4v) is 3.66. The summed E-state index contributed by atoms with van der Waals surface area (Å²) in [5, 5.41) is 0. The summed E-state index contributed by atoms with van der Waals surface area (Å²) in [6, 6.07) is 0. The maximum Gasteiger partial charge on any atom is -0.0112 e. The Morgan fingerprint density at radius 3 is 2.53 bits per heavy atom. The summed E-state index contributed by atoms with van der Waals surface area (Å²) in [4.78, 5) is 0. The van der Waals surface area contributed by atoms with Gasteiger partial charge in [0.25, 0.3) is 0 Å². The van der Waals surface area contributed by atoms with Gasteiger partial charge in [-0.3, -0.25) is 0 Å². The van der Waals surface area contributed by atoms with Crippen molar-refractivity contribution in [3.05, 3.63) is 24.8 Å². The lowest BCUT2D eigenvalue weighted by Gasteiger charge is -2.52. The number of rotatable bonds is 1. The van der Waals surface area contributed by atoms with Crippen LogP contribution in [0.15, 0.2) is 24.8 Å². The van der Waals surface area contributed by atoms with Crippen molar-refractivity contribution in [3.63, 3.8) is 0 Å². The van der Waals surface area contributed by atoms with Crippen LogP contribution in [0.1, 0.15) is 46.5 Å². The Bertz CT molecular complexity index is 297. The zero-order valence-electron chi connectivity index (χ0n) is 10.5. The van der Waals surface area contributed by atoms with Gasteiger partial charge in [-0.25, -0.2) is 0 Å². The van der Waals surface area contributed by atoms with Crippen molar-refractivity contribution in [3.8, 4) is 0 Å². The number of allylic oxidation sites excluding steroid dienone is 2. The summed E-state index contributed by atoms with van der Waals surface area (Å²) >= 11 is 0. The summed E-state index contributed by atoms with van der Waals surface area (Å²) in [5.41, 5.74) is 2.35. The third-order valence-electron chi connectivity index (χ3n) is 4.91. The predicted molar refractivity (Wildman–Crippen MR) is 66.7 cm³/mol. The smallest absolute Gasteiger partial charge is 0.0112 e. The van der Waals surface area contributed by atoms with Crippen LogP contribution in [-0.4, -0.2) is 0 Å². The van der Waals surface area contributed by atoms with Gasteiger partial charge in [0.15, 0.2) is 0 Å². The van der Waals surface area contributed by atoms with Gasteiger partial charge in [-0.15, -0.1) is 6.58 Å². The lowest BCUT2D eigenvalue weighted by atomic mass is 9.53. The van der Waals surface area contributed by atoms with E-state index in [2.05, 4.69) is 40.0 Å². The average molecular weight is 204 g/mol. The normalized spacial score (nSPS) is 43.8. The molecule has 0 bridgehead atoms. The van der Waals surface area contributed by atoms with Crippen LogP contribution in [-0.2, 0) is 0 Å². The van der Waals surface area contributed by atoms with E-state index in [0.717, 1.165) is 18.3 Å². The Hall–Kier alpha value is -0.520. The molecule has 2 fully saturated rings. The van der Waals surface area contributed by atoms with Gasteiger partial charge in [-0.2, -0.15) is 0 Å². The van der Waals surface area contributed by atoms with Crippen molar-refractivity contribution < 1.29 is 0 Å². The standard InChI is InChI=1S/C15H24/c1-6-15(5)8-7-13-12(11(2)9-15)10-14(13,3)4/h6,12-13H,1-2,7-10H2,3-5H3/t12-,13-,15-/m1/s1. The summed E-state index contributed by atoms with van der Waals surface area (Å²) in [7, 11) is 0. The minimum Gasteiger partial charge on any atom is -0.103 e. The molecule has 0 saturated heterocycles. The second-order valence-electron chi connectivity index (χ2n) is 6.64. The average Bonchev–Trinajstić information content (AvgIpc) is 2.23. The van der Waals surface area contributed by atoms with Gasteiger partial charge in [0.1, 0.15) is 0 Å². The minimum absolute atomic E-state index is 0.310. The Morgan fingerprint density at radius 2 is 2.00 bits per heavy atom. The molecule has 2 rings (SSSR count). The SMILES string of the molecule is C=C[C@]1(C)CC[C@@H]2[C@H](CC2(C)C)C(=C)C1. The maximum absolute atomic E-state index is 4.32. The molecule has 15 heavy (non-hydrogen) atoms. The Balaban J connectivity index is 2.19. The molecule has 0 aliphatic heterocycles. The van der Waals surface area contributed by atoms with Crippen LogP contribution in [0.3, 0.4) is 0 Å². The highest BCUT2D eigenvalue weighted by Gasteiger charge is 2.50. The molecule has 2 aliphatic carbocycles. The van der Waals surface area contributed by atoms with Crippen molar-refractivity contribution in [1.29, 1.82) is 0 Å².